The van der Waals surface area contributed by atoms with Crippen molar-refractivity contribution in [2.75, 3.05) is 5.32 Å². The largest absolute Gasteiger partial charge is 0.486 e. The maximum atomic E-state index is 12.3. The van der Waals surface area contributed by atoms with Crippen LogP contribution in [0.4, 0.5) is 5.69 Å². The molecular formula is C24H19NO5. The standard InChI is InChI=1S/C24H19NO5/c1-16(26)25-19-7-10-20(11-8-19)30-24(27)23-13-12-22(29-23)15-28-21-9-6-17-4-2-3-5-18(17)14-21/h2-14H,15H2,1H3,(H,25,26). The van der Waals surface area contributed by atoms with Crippen molar-refractivity contribution in [1.29, 1.82) is 0 Å². The second-order valence-corrected chi connectivity index (χ2v) is 6.66. The van der Waals surface area contributed by atoms with Crippen LogP contribution in [-0.4, -0.2) is 11.9 Å². The molecule has 0 bridgehead atoms. The summed E-state index contributed by atoms with van der Waals surface area (Å²) < 4.78 is 16.6. The molecule has 3 aromatic carbocycles. The predicted octanol–water partition coefficient (Wildman–Crippen LogP) is 5.19. The minimum atomic E-state index is -0.612. The van der Waals surface area contributed by atoms with Gasteiger partial charge in [0.1, 0.15) is 23.9 Å². The summed E-state index contributed by atoms with van der Waals surface area (Å²) in [5, 5.41) is 4.87. The molecule has 0 aliphatic carbocycles. The molecule has 30 heavy (non-hydrogen) atoms. The van der Waals surface area contributed by atoms with Gasteiger partial charge in [0.25, 0.3) is 0 Å². The van der Waals surface area contributed by atoms with Crippen molar-refractivity contribution in [3.63, 3.8) is 0 Å². The Morgan fingerprint density at radius 1 is 0.867 bits per heavy atom. The Morgan fingerprint density at radius 3 is 2.37 bits per heavy atom. The summed E-state index contributed by atoms with van der Waals surface area (Å²) in [6, 6.07) is 23.6. The van der Waals surface area contributed by atoms with E-state index >= 15 is 0 Å². The highest BCUT2D eigenvalue weighted by Gasteiger charge is 2.14. The number of carbonyl (C=O) groups is 2. The Morgan fingerprint density at radius 2 is 1.60 bits per heavy atom. The quantitative estimate of drug-likeness (QED) is 0.355. The van der Waals surface area contributed by atoms with Crippen molar-refractivity contribution < 1.29 is 23.5 Å². The van der Waals surface area contributed by atoms with Crippen LogP contribution in [0.15, 0.2) is 83.3 Å². The highest BCUT2D eigenvalue weighted by molar-refractivity contribution is 5.89. The zero-order chi connectivity index (χ0) is 20.9. The second kappa shape index (κ2) is 8.53. The Balaban J connectivity index is 1.35. The van der Waals surface area contributed by atoms with Crippen LogP contribution in [0.1, 0.15) is 23.2 Å². The topological polar surface area (TPSA) is 77.8 Å². The van der Waals surface area contributed by atoms with Gasteiger partial charge in [-0.25, -0.2) is 4.79 Å². The Hall–Kier alpha value is -4.06. The molecule has 0 saturated carbocycles. The number of rotatable bonds is 6. The maximum absolute atomic E-state index is 12.3. The number of furan rings is 1. The zero-order valence-electron chi connectivity index (χ0n) is 16.3. The van der Waals surface area contributed by atoms with Crippen LogP contribution >= 0.6 is 0 Å². The molecule has 0 spiro atoms. The third-order valence-corrected chi connectivity index (χ3v) is 4.35. The Labute approximate surface area is 173 Å². The highest BCUT2D eigenvalue weighted by Crippen LogP contribution is 2.22. The zero-order valence-corrected chi connectivity index (χ0v) is 16.3. The van der Waals surface area contributed by atoms with Crippen LogP contribution in [0.2, 0.25) is 0 Å². The maximum Gasteiger partial charge on any atom is 0.379 e. The van der Waals surface area contributed by atoms with Crippen molar-refractivity contribution in [3.05, 3.63) is 90.4 Å². The molecule has 1 heterocycles. The smallest absolute Gasteiger partial charge is 0.379 e. The lowest BCUT2D eigenvalue weighted by Gasteiger charge is -2.06. The normalized spacial score (nSPS) is 10.6. The molecule has 0 atom stereocenters. The van der Waals surface area contributed by atoms with E-state index in [4.69, 9.17) is 13.9 Å². The van der Waals surface area contributed by atoms with E-state index in [-0.39, 0.29) is 18.3 Å². The second-order valence-electron chi connectivity index (χ2n) is 6.66. The molecule has 1 N–H and O–H groups in total. The van der Waals surface area contributed by atoms with E-state index in [1.807, 2.05) is 42.5 Å². The molecule has 1 amide bonds. The number of nitrogens with one attached hydrogen (secondary N) is 1. The predicted molar refractivity (Wildman–Crippen MR) is 113 cm³/mol. The lowest BCUT2D eigenvalue weighted by Crippen LogP contribution is -2.08. The molecule has 4 aromatic rings. The van der Waals surface area contributed by atoms with E-state index in [9.17, 15) is 9.59 Å². The number of ether oxygens (including phenoxy) is 2. The average molecular weight is 401 g/mol. The molecule has 6 heteroatoms. The first-order valence-corrected chi connectivity index (χ1v) is 9.37. The first-order valence-electron chi connectivity index (χ1n) is 9.37. The summed E-state index contributed by atoms with van der Waals surface area (Å²) in [5.41, 5.74) is 0.619. The first-order chi connectivity index (χ1) is 14.6. The minimum absolute atomic E-state index is 0.0815. The molecule has 1 aromatic heterocycles. The molecule has 0 unspecified atom stereocenters. The van der Waals surface area contributed by atoms with Gasteiger partial charge >= 0.3 is 5.97 Å². The van der Waals surface area contributed by atoms with Gasteiger partial charge in [0.2, 0.25) is 11.7 Å². The first kappa shape index (κ1) is 19.3. The van der Waals surface area contributed by atoms with Crippen LogP contribution in [0.25, 0.3) is 10.8 Å². The molecule has 4 rings (SSSR count). The van der Waals surface area contributed by atoms with Crippen molar-refractivity contribution >= 4 is 28.3 Å². The summed E-state index contributed by atoms with van der Waals surface area (Å²) in [7, 11) is 0. The van der Waals surface area contributed by atoms with Crippen LogP contribution < -0.4 is 14.8 Å². The number of hydrogen-bond acceptors (Lipinski definition) is 5. The third kappa shape index (κ3) is 4.67. The van der Waals surface area contributed by atoms with E-state index in [0.717, 1.165) is 10.8 Å². The fraction of sp³-hybridized carbons (Fsp3) is 0.0833. The Kier molecular flexibility index (Phi) is 5.48. The number of benzene rings is 3. The van der Waals surface area contributed by atoms with E-state index in [1.165, 1.54) is 6.92 Å². The number of amides is 1. The monoisotopic (exact) mass is 401 g/mol. The molecule has 0 radical (unpaired) electrons. The summed E-state index contributed by atoms with van der Waals surface area (Å²) in [6.45, 7) is 1.61. The Bertz CT molecular complexity index is 1190. The molecule has 0 saturated heterocycles. The fourth-order valence-corrected chi connectivity index (χ4v) is 2.94. The molecule has 0 aliphatic heterocycles. The van der Waals surface area contributed by atoms with E-state index in [1.54, 1.807) is 36.4 Å². The third-order valence-electron chi connectivity index (χ3n) is 4.35. The van der Waals surface area contributed by atoms with Gasteiger partial charge in [-0.2, -0.15) is 0 Å². The van der Waals surface area contributed by atoms with Crippen molar-refractivity contribution in [1.82, 2.24) is 0 Å². The van der Waals surface area contributed by atoms with Crippen molar-refractivity contribution in [2.24, 2.45) is 0 Å². The average Bonchev–Trinajstić information content (AvgIpc) is 3.22. The SMILES string of the molecule is CC(=O)Nc1ccc(OC(=O)c2ccc(COc3ccc4ccccc4c3)o2)cc1. The van der Waals surface area contributed by atoms with Gasteiger partial charge < -0.3 is 19.2 Å². The van der Waals surface area contributed by atoms with Gasteiger partial charge in [-0.05, 0) is 59.3 Å². The lowest BCUT2D eigenvalue weighted by atomic mass is 10.1. The van der Waals surface area contributed by atoms with E-state index in [2.05, 4.69) is 5.32 Å². The number of esters is 1. The van der Waals surface area contributed by atoms with Crippen molar-refractivity contribution in [2.45, 2.75) is 13.5 Å². The minimum Gasteiger partial charge on any atom is -0.486 e. The summed E-state index contributed by atoms with van der Waals surface area (Å²) >= 11 is 0. The fourth-order valence-electron chi connectivity index (χ4n) is 2.94. The molecule has 0 fully saturated rings. The van der Waals surface area contributed by atoms with E-state index < -0.39 is 5.97 Å². The van der Waals surface area contributed by atoms with Gasteiger partial charge in [0, 0.05) is 12.6 Å². The lowest BCUT2D eigenvalue weighted by molar-refractivity contribution is -0.114. The van der Waals surface area contributed by atoms with Crippen LogP contribution in [0.3, 0.4) is 0 Å². The molecule has 150 valence electrons. The molecular weight excluding hydrogens is 382 g/mol. The van der Waals surface area contributed by atoms with E-state index in [0.29, 0.717) is 22.9 Å². The van der Waals surface area contributed by atoms with Crippen LogP contribution in [0.5, 0.6) is 11.5 Å². The number of anilines is 1. The van der Waals surface area contributed by atoms with Gasteiger partial charge in [0.15, 0.2) is 0 Å². The van der Waals surface area contributed by atoms with Crippen LogP contribution in [-0.2, 0) is 11.4 Å². The van der Waals surface area contributed by atoms with Gasteiger partial charge in [0.05, 0.1) is 0 Å². The number of hydrogen-bond donors (Lipinski definition) is 1. The van der Waals surface area contributed by atoms with Gasteiger partial charge in [-0.1, -0.05) is 30.3 Å². The summed E-state index contributed by atoms with van der Waals surface area (Å²) in [6.07, 6.45) is 0. The highest BCUT2D eigenvalue weighted by atomic mass is 16.5. The van der Waals surface area contributed by atoms with Crippen LogP contribution in [0, 0.1) is 0 Å². The molecule has 0 aliphatic rings. The summed E-state index contributed by atoms with van der Waals surface area (Å²) in [4.78, 5) is 23.3. The van der Waals surface area contributed by atoms with Gasteiger partial charge in [-0.15, -0.1) is 0 Å². The number of fused-ring (bicyclic) bond motifs is 1. The van der Waals surface area contributed by atoms with Gasteiger partial charge in [-0.3, -0.25) is 4.79 Å². The summed E-state index contributed by atoms with van der Waals surface area (Å²) in [5.74, 6) is 0.870. The van der Waals surface area contributed by atoms with Crippen molar-refractivity contribution in [3.8, 4) is 11.5 Å². The number of carbonyl (C=O) groups excluding carboxylic acids is 2. The molecule has 6 nitrogen and oxygen atoms in total.